The predicted molar refractivity (Wildman–Crippen MR) is 106 cm³/mol. The first-order chi connectivity index (χ1) is 13.7. The van der Waals surface area contributed by atoms with Gasteiger partial charge >= 0.3 is 0 Å². The summed E-state index contributed by atoms with van der Waals surface area (Å²) in [4.78, 5) is 19.3. The third-order valence-corrected chi connectivity index (χ3v) is 5.41. The highest BCUT2D eigenvalue weighted by Gasteiger charge is 2.45. The van der Waals surface area contributed by atoms with E-state index >= 15 is 0 Å². The Bertz CT molecular complexity index is 926. The van der Waals surface area contributed by atoms with E-state index in [1.807, 2.05) is 48.7 Å². The van der Waals surface area contributed by atoms with Gasteiger partial charge in [-0.15, -0.1) is 0 Å². The number of nitrogens with zero attached hydrogens (tertiary/aromatic N) is 3. The molecule has 0 radical (unpaired) electrons. The Hall–Kier alpha value is -2.99. The van der Waals surface area contributed by atoms with Crippen molar-refractivity contribution in [3.8, 4) is 11.3 Å². The summed E-state index contributed by atoms with van der Waals surface area (Å²) >= 11 is 0. The first kappa shape index (κ1) is 18.4. The van der Waals surface area contributed by atoms with Gasteiger partial charge in [0, 0.05) is 50.6 Å². The molecule has 6 heteroatoms. The van der Waals surface area contributed by atoms with Crippen molar-refractivity contribution in [1.29, 1.82) is 0 Å². The molecular weight excluding hydrogens is 352 g/mol. The van der Waals surface area contributed by atoms with E-state index in [0.717, 1.165) is 42.1 Å². The number of aromatic nitrogens is 2. The molecule has 0 aliphatic carbocycles. The fourth-order valence-corrected chi connectivity index (χ4v) is 3.99. The van der Waals surface area contributed by atoms with E-state index in [0.29, 0.717) is 13.0 Å². The highest BCUT2D eigenvalue weighted by molar-refractivity contribution is 5.83. The fraction of sp³-hybridized carbons (Fsp3) is 0.318. The molecule has 0 bridgehead atoms. The lowest BCUT2D eigenvalue weighted by atomic mass is 9.81. The quantitative estimate of drug-likeness (QED) is 0.716. The first-order valence-corrected chi connectivity index (χ1v) is 9.53. The summed E-state index contributed by atoms with van der Waals surface area (Å²) < 4.78 is 5.60. The fourth-order valence-electron chi connectivity index (χ4n) is 3.99. The summed E-state index contributed by atoms with van der Waals surface area (Å²) in [7, 11) is 1.70. The van der Waals surface area contributed by atoms with Crippen molar-refractivity contribution in [3.05, 3.63) is 72.2 Å². The molecule has 1 fully saturated rings. The lowest BCUT2D eigenvalue weighted by Gasteiger charge is -2.26. The highest BCUT2D eigenvalue weighted by Crippen LogP contribution is 2.36. The summed E-state index contributed by atoms with van der Waals surface area (Å²) in [6.07, 6.45) is 4.98. The standard InChI is InChI=1S/C22H24N4O2/c1-23-21(27)22(9-11-26(16-22)15-17-6-5-10-24-14-17)13-19-12-20(25-28-19)18-7-3-2-4-8-18/h2-8,10,12,14H,9,11,13,15-16H2,1H3,(H,23,27). The van der Waals surface area contributed by atoms with Crippen LogP contribution < -0.4 is 5.32 Å². The van der Waals surface area contributed by atoms with Crippen LogP contribution in [0.2, 0.25) is 0 Å². The van der Waals surface area contributed by atoms with Crippen molar-refractivity contribution in [3.63, 3.8) is 0 Å². The summed E-state index contributed by atoms with van der Waals surface area (Å²) in [5.41, 5.74) is 2.45. The third-order valence-electron chi connectivity index (χ3n) is 5.41. The molecule has 1 unspecified atom stereocenters. The predicted octanol–water partition coefficient (Wildman–Crippen LogP) is 2.92. The molecule has 1 aliphatic rings. The maximum absolute atomic E-state index is 12.8. The largest absolute Gasteiger partial charge is 0.361 e. The molecule has 0 spiro atoms. The monoisotopic (exact) mass is 376 g/mol. The van der Waals surface area contributed by atoms with Crippen molar-refractivity contribution >= 4 is 5.91 Å². The zero-order valence-corrected chi connectivity index (χ0v) is 16.0. The van der Waals surface area contributed by atoms with Gasteiger partial charge in [-0.25, -0.2) is 0 Å². The molecule has 1 amide bonds. The van der Waals surface area contributed by atoms with Crippen molar-refractivity contribution in [2.75, 3.05) is 20.1 Å². The number of likely N-dealkylation sites (tertiary alicyclic amines) is 1. The van der Waals surface area contributed by atoms with Gasteiger partial charge in [-0.3, -0.25) is 14.7 Å². The molecule has 1 aromatic carbocycles. The summed E-state index contributed by atoms with van der Waals surface area (Å²) in [6.45, 7) is 2.34. The molecule has 1 aliphatic heterocycles. The lowest BCUT2D eigenvalue weighted by Crippen LogP contribution is -2.43. The second kappa shape index (κ2) is 7.94. The van der Waals surface area contributed by atoms with Crippen LogP contribution in [0.5, 0.6) is 0 Å². The molecule has 3 aromatic rings. The van der Waals surface area contributed by atoms with E-state index < -0.39 is 5.41 Å². The number of nitrogens with one attached hydrogen (secondary N) is 1. The van der Waals surface area contributed by atoms with Gasteiger partial charge in [0.2, 0.25) is 5.91 Å². The van der Waals surface area contributed by atoms with Gasteiger partial charge in [-0.2, -0.15) is 0 Å². The van der Waals surface area contributed by atoms with Crippen LogP contribution in [0.25, 0.3) is 11.3 Å². The second-order valence-corrected chi connectivity index (χ2v) is 7.40. The molecule has 144 valence electrons. The number of amides is 1. The van der Waals surface area contributed by atoms with Crippen LogP contribution >= 0.6 is 0 Å². The Labute approximate surface area is 164 Å². The third kappa shape index (κ3) is 3.82. The van der Waals surface area contributed by atoms with Crippen LogP contribution in [0, 0.1) is 5.41 Å². The van der Waals surface area contributed by atoms with Crippen molar-refractivity contribution in [1.82, 2.24) is 20.4 Å². The van der Waals surface area contributed by atoms with Crippen LogP contribution in [0.1, 0.15) is 17.7 Å². The van der Waals surface area contributed by atoms with E-state index in [-0.39, 0.29) is 5.91 Å². The summed E-state index contributed by atoms with van der Waals surface area (Å²) in [6, 6.07) is 15.9. The van der Waals surface area contributed by atoms with E-state index in [1.54, 1.807) is 13.2 Å². The van der Waals surface area contributed by atoms with Gasteiger partial charge in [0.25, 0.3) is 0 Å². The minimum Gasteiger partial charge on any atom is -0.361 e. The van der Waals surface area contributed by atoms with Crippen molar-refractivity contribution in [2.45, 2.75) is 19.4 Å². The van der Waals surface area contributed by atoms with Crippen LogP contribution in [0.15, 0.2) is 65.4 Å². The highest BCUT2D eigenvalue weighted by atomic mass is 16.5. The number of pyridine rings is 1. The van der Waals surface area contributed by atoms with Crippen molar-refractivity contribution < 1.29 is 9.32 Å². The number of hydrogen-bond donors (Lipinski definition) is 1. The minimum absolute atomic E-state index is 0.0545. The number of carbonyl (C=O) groups is 1. The van der Waals surface area contributed by atoms with E-state index in [1.165, 1.54) is 0 Å². The van der Waals surface area contributed by atoms with Gasteiger partial charge in [-0.05, 0) is 24.6 Å². The zero-order valence-electron chi connectivity index (χ0n) is 16.0. The first-order valence-electron chi connectivity index (χ1n) is 9.53. The van der Waals surface area contributed by atoms with Crippen LogP contribution in [-0.2, 0) is 17.8 Å². The van der Waals surface area contributed by atoms with Gasteiger partial charge in [0.15, 0.2) is 0 Å². The molecule has 6 nitrogen and oxygen atoms in total. The van der Waals surface area contributed by atoms with E-state index in [9.17, 15) is 4.79 Å². The second-order valence-electron chi connectivity index (χ2n) is 7.40. The van der Waals surface area contributed by atoms with Crippen LogP contribution in [0.3, 0.4) is 0 Å². The SMILES string of the molecule is CNC(=O)C1(Cc2cc(-c3ccccc3)no2)CCN(Cc2cccnc2)C1. The normalized spacial score (nSPS) is 19.6. The molecule has 3 heterocycles. The topological polar surface area (TPSA) is 71.3 Å². The maximum atomic E-state index is 12.8. The van der Waals surface area contributed by atoms with Gasteiger partial charge in [0.1, 0.15) is 11.5 Å². The molecule has 28 heavy (non-hydrogen) atoms. The number of hydrogen-bond acceptors (Lipinski definition) is 5. The summed E-state index contributed by atoms with van der Waals surface area (Å²) in [5.74, 6) is 0.796. The molecule has 4 rings (SSSR count). The lowest BCUT2D eigenvalue weighted by molar-refractivity contribution is -0.130. The zero-order chi connectivity index (χ0) is 19.4. The number of rotatable bonds is 6. The number of carbonyl (C=O) groups excluding carboxylic acids is 1. The number of benzene rings is 1. The summed E-state index contributed by atoms with van der Waals surface area (Å²) in [5, 5.41) is 7.05. The average molecular weight is 376 g/mol. The Morgan fingerprint density at radius 3 is 2.86 bits per heavy atom. The van der Waals surface area contributed by atoms with Gasteiger partial charge in [0.05, 0.1) is 5.41 Å². The van der Waals surface area contributed by atoms with Crippen LogP contribution in [-0.4, -0.2) is 41.1 Å². The Morgan fingerprint density at radius 1 is 1.25 bits per heavy atom. The molecule has 1 atom stereocenters. The van der Waals surface area contributed by atoms with Gasteiger partial charge < -0.3 is 9.84 Å². The molecule has 1 N–H and O–H groups in total. The molecule has 1 saturated heterocycles. The maximum Gasteiger partial charge on any atom is 0.227 e. The molecular formula is C22H24N4O2. The average Bonchev–Trinajstić information content (AvgIpc) is 3.37. The Morgan fingerprint density at radius 2 is 2.11 bits per heavy atom. The molecule has 0 saturated carbocycles. The van der Waals surface area contributed by atoms with Crippen LogP contribution in [0.4, 0.5) is 0 Å². The minimum atomic E-state index is -0.509. The van der Waals surface area contributed by atoms with E-state index in [4.69, 9.17) is 4.52 Å². The smallest absolute Gasteiger partial charge is 0.227 e. The van der Waals surface area contributed by atoms with Crippen molar-refractivity contribution in [2.24, 2.45) is 5.41 Å². The molecule has 2 aromatic heterocycles. The Balaban J connectivity index is 1.51. The Kier molecular flexibility index (Phi) is 5.21. The van der Waals surface area contributed by atoms with E-state index in [2.05, 4.69) is 26.4 Å². The van der Waals surface area contributed by atoms with Gasteiger partial charge in [-0.1, -0.05) is 41.6 Å².